The fourth-order valence-electron chi connectivity index (χ4n) is 2.05. The maximum Gasteiger partial charge on any atom is 0.123 e. The Labute approximate surface area is 118 Å². The number of rotatable bonds is 6. The maximum atomic E-state index is 13.0. The third kappa shape index (κ3) is 4.31. The number of halogens is 1. The summed E-state index contributed by atoms with van der Waals surface area (Å²) in [7, 11) is 1.65. The van der Waals surface area contributed by atoms with Crippen LogP contribution in [0.4, 0.5) is 4.39 Å². The molecule has 1 N–H and O–H groups in total. The van der Waals surface area contributed by atoms with Crippen LogP contribution in [-0.2, 0) is 13.0 Å². The van der Waals surface area contributed by atoms with E-state index in [1.54, 1.807) is 19.2 Å². The van der Waals surface area contributed by atoms with Crippen LogP contribution >= 0.6 is 0 Å². The molecule has 0 spiro atoms. The van der Waals surface area contributed by atoms with Crippen LogP contribution in [0.25, 0.3) is 0 Å². The lowest BCUT2D eigenvalue weighted by atomic mass is 10.1. The number of aromatic nitrogens is 1. The van der Waals surface area contributed by atoms with Gasteiger partial charge in [-0.05, 0) is 37.6 Å². The Hall–Kier alpha value is -1.94. The second-order valence-corrected chi connectivity index (χ2v) is 4.70. The molecule has 0 saturated heterocycles. The quantitative estimate of drug-likeness (QED) is 0.822. The van der Waals surface area contributed by atoms with E-state index in [0.717, 1.165) is 35.7 Å². The predicted molar refractivity (Wildman–Crippen MR) is 77.3 cm³/mol. The summed E-state index contributed by atoms with van der Waals surface area (Å²) in [6, 6.07) is 10.5. The van der Waals surface area contributed by atoms with Crippen molar-refractivity contribution in [3.05, 3.63) is 59.2 Å². The number of nitrogens with one attached hydrogen (secondary N) is 1. The van der Waals surface area contributed by atoms with Crippen molar-refractivity contribution in [2.24, 2.45) is 0 Å². The summed E-state index contributed by atoms with van der Waals surface area (Å²) in [5.41, 5.74) is 2.87. The molecule has 0 aliphatic carbocycles. The van der Waals surface area contributed by atoms with E-state index in [-0.39, 0.29) is 5.82 Å². The van der Waals surface area contributed by atoms with Gasteiger partial charge in [-0.15, -0.1) is 0 Å². The molecule has 2 rings (SSSR count). The van der Waals surface area contributed by atoms with Gasteiger partial charge in [-0.3, -0.25) is 4.98 Å². The standard InChI is InChI=1S/C16H19FN2O/c1-12-8-16(20-2)10-15(19-12)11-18-7-6-13-4-3-5-14(17)9-13/h3-5,8-10,18H,6-7,11H2,1-2H3. The number of aryl methyl sites for hydroxylation is 1. The van der Waals surface area contributed by atoms with Crippen molar-refractivity contribution in [2.45, 2.75) is 19.9 Å². The Kier molecular flexibility index (Phi) is 5.07. The van der Waals surface area contributed by atoms with E-state index in [4.69, 9.17) is 4.74 Å². The predicted octanol–water partition coefficient (Wildman–Crippen LogP) is 2.87. The molecule has 0 bridgehead atoms. The summed E-state index contributed by atoms with van der Waals surface area (Å²) in [6.07, 6.45) is 0.792. The normalized spacial score (nSPS) is 10.6. The molecule has 2 aromatic rings. The molecule has 1 aromatic carbocycles. The number of benzene rings is 1. The van der Waals surface area contributed by atoms with Crippen molar-refractivity contribution in [3.63, 3.8) is 0 Å². The van der Waals surface area contributed by atoms with Crippen LogP contribution in [0.5, 0.6) is 5.75 Å². The van der Waals surface area contributed by atoms with Gasteiger partial charge in [-0.25, -0.2) is 4.39 Å². The monoisotopic (exact) mass is 274 g/mol. The Balaban J connectivity index is 1.82. The van der Waals surface area contributed by atoms with Crippen molar-refractivity contribution in [1.29, 1.82) is 0 Å². The van der Waals surface area contributed by atoms with E-state index in [1.165, 1.54) is 6.07 Å². The van der Waals surface area contributed by atoms with Gasteiger partial charge in [0.1, 0.15) is 11.6 Å². The van der Waals surface area contributed by atoms with E-state index in [1.807, 2.05) is 25.1 Å². The van der Waals surface area contributed by atoms with Crippen molar-refractivity contribution in [3.8, 4) is 5.75 Å². The van der Waals surface area contributed by atoms with Gasteiger partial charge in [-0.1, -0.05) is 12.1 Å². The highest BCUT2D eigenvalue weighted by Gasteiger charge is 2.01. The van der Waals surface area contributed by atoms with Gasteiger partial charge in [0.05, 0.1) is 12.8 Å². The molecule has 0 amide bonds. The number of pyridine rings is 1. The van der Waals surface area contributed by atoms with Crippen LogP contribution in [0.15, 0.2) is 36.4 Å². The molecule has 0 fully saturated rings. The molecule has 106 valence electrons. The average molecular weight is 274 g/mol. The van der Waals surface area contributed by atoms with E-state index >= 15 is 0 Å². The number of hydrogen-bond acceptors (Lipinski definition) is 3. The van der Waals surface area contributed by atoms with Crippen LogP contribution in [0, 0.1) is 12.7 Å². The molecule has 0 saturated carbocycles. The van der Waals surface area contributed by atoms with Gasteiger partial charge in [0.25, 0.3) is 0 Å². The molecule has 3 nitrogen and oxygen atoms in total. The zero-order chi connectivity index (χ0) is 14.4. The highest BCUT2D eigenvalue weighted by atomic mass is 19.1. The smallest absolute Gasteiger partial charge is 0.123 e. The topological polar surface area (TPSA) is 34.1 Å². The number of ether oxygens (including phenoxy) is 1. The first-order valence-electron chi connectivity index (χ1n) is 6.64. The van der Waals surface area contributed by atoms with Crippen molar-refractivity contribution < 1.29 is 9.13 Å². The van der Waals surface area contributed by atoms with Gasteiger partial charge in [-0.2, -0.15) is 0 Å². The second-order valence-electron chi connectivity index (χ2n) is 4.70. The SMILES string of the molecule is COc1cc(C)nc(CNCCc2cccc(F)c2)c1. The third-order valence-corrected chi connectivity index (χ3v) is 3.00. The first-order valence-corrected chi connectivity index (χ1v) is 6.64. The minimum atomic E-state index is -0.187. The largest absolute Gasteiger partial charge is 0.497 e. The molecular weight excluding hydrogens is 255 g/mol. The van der Waals surface area contributed by atoms with Crippen molar-refractivity contribution in [1.82, 2.24) is 10.3 Å². The lowest BCUT2D eigenvalue weighted by Gasteiger charge is -2.07. The molecule has 0 unspecified atom stereocenters. The van der Waals surface area contributed by atoms with Crippen molar-refractivity contribution in [2.75, 3.05) is 13.7 Å². The maximum absolute atomic E-state index is 13.0. The minimum Gasteiger partial charge on any atom is -0.497 e. The molecule has 1 heterocycles. The van der Waals surface area contributed by atoms with Gasteiger partial charge in [0.2, 0.25) is 0 Å². The first kappa shape index (κ1) is 14.5. The molecule has 0 atom stereocenters. The lowest BCUT2D eigenvalue weighted by molar-refractivity contribution is 0.412. The highest BCUT2D eigenvalue weighted by Crippen LogP contribution is 2.13. The Bertz CT molecular complexity index is 572. The fraction of sp³-hybridized carbons (Fsp3) is 0.312. The zero-order valence-corrected chi connectivity index (χ0v) is 11.8. The molecular formula is C16H19FN2O. The molecule has 1 aromatic heterocycles. The van der Waals surface area contributed by atoms with Crippen LogP contribution < -0.4 is 10.1 Å². The number of nitrogens with zero attached hydrogens (tertiary/aromatic N) is 1. The minimum absolute atomic E-state index is 0.187. The summed E-state index contributed by atoms with van der Waals surface area (Å²) in [4.78, 5) is 4.44. The van der Waals surface area contributed by atoms with Gasteiger partial charge in [0.15, 0.2) is 0 Å². The van der Waals surface area contributed by atoms with Crippen LogP contribution in [0.1, 0.15) is 17.0 Å². The van der Waals surface area contributed by atoms with E-state index in [0.29, 0.717) is 6.54 Å². The van der Waals surface area contributed by atoms with Crippen LogP contribution in [0.2, 0.25) is 0 Å². The zero-order valence-electron chi connectivity index (χ0n) is 11.8. The van der Waals surface area contributed by atoms with Crippen molar-refractivity contribution >= 4 is 0 Å². The second kappa shape index (κ2) is 7.01. The summed E-state index contributed by atoms with van der Waals surface area (Å²) in [6.45, 7) is 3.40. The van der Waals surface area contributed by atoms with Gasteiger partial charge in [0, 0.05) is 24.4 Å². The molecule has 20 heavy (non-hydrogen) atoms. The van der Waals surface area contributed by atoms with Crippen LogP contribution in [-0.4, -0.2) is 18.6 Å². The molecule has 0 radical (unpaired) electrons. The molecule has 0 aliphatic heterocycles. The first-order chi connectivity index (χ1) is 9.67. The number of methoxy groups -OCH3 is 1. The summed E-state index contributed by atoms with van der Waals surface area (Å²) >= 11 is 0. The summed E-state index contributed by atoms with van der Waals surface area (Å²) < 4.78 is 18.2. The number of hydrogen-bond donors (Lipinski definition) is 1. The summed E-state index contributed by atoms with van der Waals surface area (Å²) in [5.74, 6) is 0.631. The molecule has 4 heteroatoms. The van der Waals surface area contributed by atoms with Gasteiger partial charge >= 0.3 is 0 Å². The average Bonchev–Trinajstić information content (AvgIpc) is 2.43. The van der Waals surface area contributed by atoms with E-state index in [2.05, 4.69) is 10.3 Å². The Morgan fingerprint density at radius 1 is 1.25 bits per heavy atom. The highest BCUT2D eigenvalue weighted by molar-refractivity contribution is 5.26. The van der Waals surface area contributed by atoms with E-state index in [9.17, 15) is 4.39 Å². The summed E-state index contributed by atoms with van der Waals surface area (Å²) in [5, 5.41) is 3.31. The Morgan fingerprint density at radius 3 is 2.85 bits per heavy atom. The molecule has 0 aliphatic rings. The van der Waals surface area contributed by atoms with Crippen LogP contribution in [0.3, 0.4) is 0 Å². The lowest BCUT2D eigenvalue weighted by Crippen LogP contribution is -2.17. The fourth-order valence-corrected chi connectivity index (χ4v) is 2.05. The van der Waals surface area contributed by atoms with Gasteiger partial charge < -0.3 is 10.1 Å². The Morgan fingerprint density at radius 2 is 2.10 bits per heavy atom. The van der Waals surface area contributed by atoms with E-state index < -0.39 is 0 Å². The third-order valence-electron chi connectivity index (χ3n) is 3.00.